The van der Waals surface area contributed by atoms with E-state index in [-0.39, 0.29) is 17.1 Å². The first kappa shape index (κ1) is 14.6. The van der Waals surface area contributed by atoms with Crippen LogP contribution < -0.4 is 14.8 Å². The number of hydrogen-bond donors (Lipinski definition) is 1. The van der Waals surface area contributed by atoms with Gasteiger partial charge in [0.1, 0.15) is 18.9 Å². The Labute approximate surface area is 129 Å². The zero-order valence-corrected chi connectivity index (χ0v) is 11.7. The Bertz CT molecular complexity index is 792. The zero-order valence-electron chi connectivity index (χ0n) is 11.7. The maximum atomic E-state index is 11.1. The highest BCUT2D eigenvalue weighted by Crippen LogP contribution is 2.36. The summed E-state index contributed by atoms with van der Waals surface area (Å²) in [6, 6.07) is 8.44. The summed E-state index contributed by atoms with van der Waals surface area (Å²) in [6.45, 7) is 0.891. The molecule has 0 radical (unpaired) electrons. The minimum atomic E-state index is -0.680. The lowest BCUT2D eigenvalue weighted by Crippen LogP contribution is -2.15. The van der Waals surface area contributed by atoms with Gasteiger partial charge in [-0.2, -0.15) is 0 Å². The van der Waals surface area contributed by atoms with Gasteiger partial charge in [0, 0.05) is 17.8 Å². The number of fused-ring (bicyclic) bond motifs is 1. The van der Waals surface area contributed by atoms with Gasteiger partial charge in [-0.15, -0.1) is 0 Å². The van der Waals surface area contributed by atoms with Crippen LogP contribution in [0.1, 0.15) is 0 Å². The van der Waals surface area contributed by atoms with Crippen LogP contribution in [0, 0.1) is 20.2 Å². The molecule has 1 aliphatic rings. The van der Waals surface area contributed by atoms with Crippen LogP contribution in [-0.4, -0.2) is 23.1 Å². The van der Waals surface area contributed by atoms with E-state index in [2.05, 4.69) is 5.32 Å². The van der Waals surface area contributed by atoms with Gasteiger partial charge in [0.2, 0.25) is 0 Å². The number of ether oxygens (including phenoxy) is 2. The molecule has 9 heteroatoms. The lowest BCUT2D eigenvalue weighted by atomic mass is 10.2. The number of hydrogen-bond acceptors (Lipinski definition) is 7. The van der Waals surface area contributed by atoms with Crippen LogP contribution in [0.3, 0.4) is 0 Å². The molecule has 9 nitrogen and oxygen atoms in total. The summed E-state index contributed by atoms with van der Waals surface area (Å²) in [5, 5.41) is 24.7. The molecule has 0 unspecified atom stereocenters. The molecule has 2 aromatic rings. The van der Waals surface area contributed by atoms with Gasteiger partial charge in [-0.1, -0.05) is 0 Å². The molecule has 1 N–H and O–H groups in total. The van der Waals surface area contributed by atoms with E-state index in [9.17, 15) is 20.2 Å². The number of benzene rings is 2. The van der Waals surface area contributed by atoms with E-state index in [4.69, 9.17) is 9.47 Å². The molecular formula is C14H11N3O6. The average molecular weight is 317 g/mol. The second-order valence-electron chi connectivity index (χ2n) is 4.70. The van der Waals surface area contributed by atoms with Crippen molar-refractivity contribution in [2.45, 2.75) is 0 Å². The summed E-state index contributed by atoms with van der Waals surface area (Å²) >= 11 is 0. The summed E-state index contributed by atoms with van der Waals surface area (Å²) in [5.74, 6) is 1.13. The maximum absolute atomic E-state index is 11.1. The van der Waals surface area contributed by atoms with E-state index in [0.29, 0.717) is 30.4 Å². The second kappa shape index (κ2) is 5.79. The van der Waals surface area contributed by atoms with E-state index in [1.807, 2.05) is 0 Å². The third-order valence-electron chi connectivity index (χ3n) is 3.21. The van der Waals surface area contributed by atoms with E-state index in [1.54, 1.807) is 18.2 Å². The van der Waals surface area contributed by atoms with Crippen molar-refractivity contribution in [3.8, 4) is 11.5 Å². The van der Waals surface area contributed by atoms with E-state index in [1.165, 1.54) is 12.1 Å². The summed E-state index contributed by atoms with van der Waals surface area (Å²) in [4.78, 5) is 20.5. The Kier molecular flexibility index (Phi) is 3.67. The van der Waals surface area contributed by atoms with Gasteiger partial charge in [-0.25, -0.2) is 0 Å². The molecule has 0 aromatic heterocycles. The van der Waals surface area contributed by atoms with Crippen molar-refractivity contribution in [2.24, 2.45) is 0 Å². The topological polar surface area (TPSA) is 117 Å². The van der Waals surface area contributed by atoms with Crippen LogP contribution in [-0.2, 0) is 0 Å². The van der Waals surface area contributed by atoms with Gasteiger partial charge in [0.25, 0.3) is 11.4 Å². The second-order valence-corrected chi connectivity index (χ2v) is 4.70. The van der Waals surface area contributed by atoms with Gasteiger partial charge in [-0.05, 0) is 18.2 Å². The highest BCUT2D eigenvalue weighted by Gasteiger charge is 2.20. The Morgan fingerprint density at radius 2 is 1.65 bits per heavy atom. The van der Waals surface area contributed by atoms with Crippen molar-refractivity contribution >= 4 is 22.7 Å². The fourth-order valence-corrected chi connectivity index (χ4v) is 2.17. The first-order valence-electron chi connectivity index (χ1n) is 6.64. The largest absolute Gasteiger partial charge is 0.486 e. The molecule has 23 heavy (non-hydrogen) atoms. The Morgan fingerprint density at radius 3 is 2.35 bits per heavy atom. The number of nitrogens with zero attached hydrogens (tertiary/aromatic N) is 2. The summed E-state index contributed by atoms with van der Waals surface area (Å²) in [6.07, 6.45) is 0. The molecule has 2 aromatic carbocycles. The number of nitrogens with one attached hydrogen (secondary N) is 1. The smallest absolute Gasteiger partial charge is 0.299 e. The molecule has 118 valence electrons. The van der Waals surface area contributed by atoms with Gasteiger partial charge < -0.3 is 14.8 Å². The normalized spacial score (nSPS) is 12.5. The van der Waals surface area contributed by atoms with Crippen molar-refractivity contribution in [3.05, 3.63) is 56.6 Å². The Hall–Kier alpha value is -3.36. The summed E-state index contributed by atoms with van der Waals surface area (Å²) < 4.78 is 10.8. The molecule has 0 saturated heterocycles. The van der Waals surface area contributed by atoms with Crippen molar-refractivity contribution in [2.75, 3.05) is 18.5 Å². The molecule has 0 amide bonds. The van der Waals surface area contributed by atoms with Crippen LogP contribution in [0.15, 0.2) is 36.4 Å². The third kappa shape index (κ3) is 2.98. The predicted molar refractivity (Wildman–Crippen MR) is 80.5 cm³/mol. The fourth-order valence-electron chi connectivity index (χ4n) is 2.17. The highest BCUT2D eigenvalue weighted by molar-refractivity contribution is 5.73. The van der Waals surface area contributed by atoms with Crippen molar-refractivity contribution in [1.82, 2.24) is 0 Å². The third-order valence-corrected chi connectivity index (χ3v) is 3.21. The number of rotatable bonds is 4. The molecule has 0 aliphatic carbocycles. The molecule has 0 spiro atoms. The summed E-state index contributed by atoms with van der Waals surface area (Å²) in [5.41, 5.74) is -0.0259. The van der Waals surface area contributed by atoms with Gasteiger partial charge in [0.05, 0.1) is 15.9 Å². The molecule has 0 fully saturated rings. The quantitative estimate of drug-likeness (QED) is 0.680. The molecule has 1 aliphatic heterocycles. The van der Waals surface area contributed by atoms with Crippen LogP contribution in [0.2, 0.25) is 0 Å². The van der Waals surface area contributed by atoms with E-state index in [0.717, 1.165) is 6.07 Å². The van der Waals surface area contributed by atoms with Crippen molar-refractivity contribution in [3.63, 3.8) is 0 Å². The molecule has 0 bridgehead atoms. The Morgan fingerprint density at radius 1 is 0.913 bits per heavy atom. The fraction of sp³-hybridized carbons (Fsp3) is 0.143. The van der Waals surface area contributed by atoms with Crippen LogP contribution in [0.25, 0.3) is 0 Å². The average Bonchev–Trinajstić information content (AvgIpc) is 2.54. The monoisotopic (exact) mass is 317 g/mol. The zero-order chi connectivity index (χ0) is 16.4. The first-order chi connectivity index (χ1) is 11.0. The van der Waals surface area contributed by atoms with Gasteiger partial charge in [0.15, 0.2) is 11.5 Å². The van der Waals surface area contributed by atoms with E-state index < -0.39 is 9.85 Å². The number of nitro groups is 2. The standard InChI is InChI=1S/C14H11N3O6/c18-16(19)10-2-3-11(12(8-10)17(20)21)15-9-1-4-13-14(7-9)23-6-5-22-13/h1-4,7-8,15H,5-6H2. The highest BCUT2D eigenvalue weighted by atomic mass is 16.6. The first-order valence-corrected chi connectivity index (χ1v) is 6.64. The lowest BCUT2D eigenvalue weighted by Gasteiger charge is -2.19. The lowest BCUT2D eigenvalue weighted by molar-refractivity contribution is -0.393. The maximum Gasteiger partial charge on any atom is 0.299 e. The number of non-ortho nitro benzene ring substituents is 1. The number of anilines is 2. The van der Waals surface area contributed by atoms with Crippen LogP contribution in [0.4, 0.5) is 22.7 Å². The molecular weight excluding hydrogens is 306 g/mol. The molecule has 0 atom stereocenters. The van der Waals surface area contributed by atoms with Gasteiger partial charge in [-0.3, -0.25) is 20.2 Å². The van der Waals surface area contributed by atoms with E-state index >= 15 is 0 Å². The molecule has 0 saturated carbocycles. The minimum Gasteiger partial charge on any atom is -0.486 e. The van der Waals surface area contributed by atoms with Crippen LogP contribution in [0.5, 0.6) is 11.5 Å². The predicted octanol–water partition coefficient (Wildman–Crippen LogP) is 3.02. The SMILES string of the molecule is O=[N+]([O-])c1ccc(Nc2ccc3c(c2)OCCO3)c([N+](=O)[O-])c1. The Balaban J connectivity index is 1.93. The molecule has 1 heterocycles. The number of nitro benzene ring substituents is 2. The van der Waals surface area contributed by atoms with Crippen LogP contribution >= 0.6 is 0 Å². The van der Waals surface area contributed by atoms with Crippen molar-refractivity contribution in [1.29, 1.82) is 0 Å². The van der Waals surface area contributed by atoms with Gasteiger partial charge >= 0.3 is 0 Å². The van der Waals surface area contributed by atoms with Crippen molar-refractivity contribution < 1.29 is 19.3 Å². The molecule has 3 rings (SSSR count). The summed E-state index contributed by atoms with van der Waals surface area (Å²) in [7, 11) is 0. The minimum absolute atomic E-state index is 0.150.